The molecule has 1 saturated heterocycles. The van der Waals surface area contributed by atoms with E-state index in [1.807, 2.05) is 0 Å². The third kappa shape index (κ3) is 3.85. The van der Waals surface area contributed by atoms with E-state index < -0.39 is 5.97 Å². The third-order valence-corrected chi connectivity index (χ3v) is 3.83. The predicted octanol–water partition coefficient (Wildman–Crippen LogP) is 0.161. The molecule has 2 fully saturated rings. The SMILES string of the molecule is O=C(O)CCCNC(=O)N1CC(NC(=O)C2CCC2)C1. The van der Waals surface area contributed by atoms with Crippen molar-refractivity contribution in [3.8, 4) is 0 Å². The summed E-state index contributed by atoms with van der Waals surface area (Å²) in [7, 11) is 0. The van der Waals surface area contributed by atoms with E-state index in [1.54, 1.807) is 4.90 Å². The van der Waals surface area contributed by atoms with Crippen molar-refractivity contribution in [1.29, 1.82) is 0 Å². The number of nitrogens with zero attached hydrogens (tertiary/aromatic N) is 1. The molecule has 1 saturated carbocycles. The minimum absolute atomic E-state index is 0.0559. The van der Waals surface area contributed by atoms with Crippen molar-refractivity contribution < 1.29 is 19.5 Å². The first kappa shape index (κ1) is 14.6. The molecule has 3 N–H and O–H groups in total. The van der Waals surface area contributed by atoms with Crippen molar-refractivity contribution in [2.75, 3.05) is 19.6 Å². The molecule has 0 radical (unpaired) electrons. The van der Waals surface area contributed by atoms with E-state index >= 15 is 0 Å². The minimum Gasteiger partial charge on any atom is -0.481 e. The van der Waals surface area contributed by atoms with E-state index in [0.29, 0.717) is 26.1 Å². The van der Waals surface area contributed by atoms with Gasteiger partial charge in [0.2, 0.25) is 5.91 Å². The van der Waals surface area contributed by atoms with Gasteiger partial charge in [0.1, 0.15) is 0 Å². The first-order valence-electron chi connectivity index (χ1n) is 7.11. The summed E-state index contributed by atoms with van der Waals surface area (Å²) in [5.41, 5.74) is 0. The molecule has 0 aromatic heterocycles. The molecule has 0 aromatic rings. The molecule has 20 heavy (non-hydrogen) atoms. The Morgan fingerprint density at radius 1 is 1.20 bits per heavy atom. The monoisotopic (exact) mass is 283 g/mol. The maximum Gasteiger partial charge on any atom is 0.317 e. The van der Waals surface area contributed by atoms with Crippen LogP contribution in [0.15, 0.2) is 0 Å². The van der Waals surface area contributed by atoms with Gasteiger partial charge in [-0.2, -0.15) is 0 Å². The van der Waals surface area contributed by atoms with Crippen LogP contribution in [-0.2, 0) is 9.59 Å². The molecule has 1 aliphatic carbocycles. The Hall–Kier alpha value is -1.79. The van der Waals surface area contributed by atoms with Crippen LogP contribution in [0.3, 0.4) is 0 Å². The topological polar surface area (TPSA) is 98.7 Å². The van der Waals surface area contributed by atoms with Crippen LogP contribution in [0.4, 0.5) is 4.79 Å². The number of urea groups is 1. The normalized spacial score (nSPS) is 18.9. The van der Waals surface area contributed by atoms with Gasteiger partial charge in [0.15, 0.2) is 0 Å². The fraction of sp³-hybridized carbons (Fsp3) is 0.769. The standard InChI is InChI=1S/C13H21N3O4/c17-11(18)5-2-6-14-13(20)16-7-10(8-16)15-12(19)9-3-1-4-9/h9-10H,1-8H2,(H,14,20)(H,15,19)(H,17,18). The lowest BCUT2D eigenvalue weighted by Crippen LogP contribution is -2.63. The Morgan fingerprint density at radius 2 is 1.90 bits per heavy atom. The molecule has 0 spiro atoms. The summed E-state index contributed by atoms with van der Waals surface area (Å²) in [4.78, 5) is 35.3. The molecular formula is C13H21N3O4. The molecule has 3 amide bonds. The largest absolute Gasteiger partial charge is 0.481 e. The second kappa shape index (κ2) is 6.58. The van der Waals surface area contributed by atoms with Crippen molar-refractivity contribution in [3.05, 3.63) is 0 Å². The van der Waals surface area contributed by atoms with Crippen molar-refractivity contribution >= 4 is 17.9 Å². The smallest absolute Gasteiger partial charge is 0.317 e. The lowest BCUT2D eigenvalue weighted by atomic mass is 9.84. The number of nitrogens with one attached hydrogen (secondary N) is 2. The maximum atomic E-state index is 11.7. The average molecular weight is 283 g/mol. The molecule has 0 bridgehead atoms. The number of amides is 3. The molecule has 0 unspecified atom stereocenters. The van der Waals surface area contributed by atoms with Gasteiger partial charge in [-0.3, -0.25) is 9.59 Å². The number of hydrogen-bond acceptors (Lipinski definition) is 3. The van der Waals surface area contributed by atoms with Crippen LogP contribution in [0.1, 0.15) is 32.1 Å². The zero-order valence-corrected chi connectivity index (χ0v) is 11.4. The number of likely N-dealkylation sites (tertiary alicyclic amines) is 1. The molecule has 2 rings (SSSR count). The highest BCUT2D eigenvalue weighted by molar-refractivity contribution is 5.80. The van der Waals surface area contributed by atoms with Crippen molar-refractivity contribution in [2.45, 2.75) is 38.1 Å². The van der Waals surface area contributed by atoms with Crippen LogP contribution in [-0.4, -0.2) is 53.6 Å². The number of carbonyl (C=O) groups is 3. The number of aliphatic carboxylic acids is 1. The van der Waals surface area contributed by atoms with Gasteiger partial charge in [-0.1, -0.05) is 6.42 Å². The fourth-order valence-corrected chi connectivity index (χ4v) is 2.27. The zero-order valence-electron chi connectivity index (χ0n) is 11.4. The van der Waals surface area contributed by atoms with E-state index in [9.17, 15) is 14.4 Å². The summed E-state index contributed by atoms with van der Waals surface area (Å²) in [6.07, 6.45) is 3.57. The first-order valence-corrected chi connectivity index (χ1v) is 7.11. The van der Waals surface area contributed by atoms with Crippen LogP contribution < -0.4 is 10.6 Å². The second-order valence-corrected chi connectivity index (χ2v) is 5.47. The zero-order chi connectivity index (χ0) is 14.5. The van der Waals surface area contributed by atoms with Crippen molar-refractivity contribution in [3.63, 3.8) is 0 Å². The van der Waals surface area contributed by atoms with Gasteiger partial charge in [-0.25, -0.2) is 4.79 Å². The summed E-state index contributed by atoms with van der Waals surface area (Å²) < 4.78 is 0. The molecule has 0 aromatic carbocycles. The highest BCUT2D eigenvalue weighted by Gasteiger charge is 2.34. The summed E-state index contributed by atoms with van der Waals surface area (Å²) in [5, 5.41) is 14.1. The number of carboxylic acid groups (broad SMARTS) is 1. The van der Waals surface area contributed by atoms with Gasteiger partial charge in [-0.15, -0.1) is 0 Å². The molecule has 1 heterocycles. The third-order valence-electron chi connectivity index (χ3n) is 3.83. The summed E-state index contributed by atoms with van der Waals surface area (Å²) in [6, 6.07) is -0.127. The van der Waals surface area contributed by atoms with Gasteiger partial charge >= 0.3 is 12.0 Å². The van der Waals surface area contributed by atoms with Gasteiger partial charge in [0.05, 0.1) is 6.04 Å². The molecular weight excluding hydrogens is 262 g/mol. The first-order chi connectivity index (χ1) is 9.56. The van der Waals surface area contributed by atoms with Crippen LogP contribution in [0, 0.1) is 5.92 Å². The molecule has 1 aliphatic heterocycles. The van der Waals surface area contributed by atoms with E-state index in [1.165, 1.54) is 0 Å². The van der Waals surface area contributed by atoms with Crippen LogP contribution in [0.2, 0.25) is 0 Å². The lowest BCUT2D eigenvalue weighted by Gasteiger charge is -2.40. The molecule has 2 aliphatic rings. The van der Waals surface area contributed by atoms with Gasteiger partial charge in [-0.05, 0) is 19.3 Å². The number of rotatable bonds is 6. The fourth-order valence-electron chi connectivity index (χ4n) is 2.27. The Morgan fingerprint density at radius 3 is 2.45 bits per heavy atom. The van der Waals surface area contributed by atoms with Gasteiger partial charge < -0.3 is 20.6 Å². The van der Waals surface area contributed by atoms with E-state index in [-0.39, 0.29) is 30.3 Å². The van der Waals surface area contributed by atoms with E-state index in [4.69, 9.17) is 5.11 Å². The summed E-state index contributed by atoms with van der Waals surface area (Å²) >= 11 is 0. The molecule has 7 heteroatoms. The maximum absolute atomic E-state index is 11.7. The summed E-state index contributed by atoms with van der Waals surface area (Å²) in [5.74, 6) is -0.571. The Balaban J connectivity index is 1.54. The van der Waals surface area contributed by atoms with Gasteiger partial charge in [0.25, 0.3) is 0 Å². The van der Waals surface area contributed by atoms with E-state index in [0.717, 1.165) is 19.3 Å². The van der Waals surface area contributed by atoms with Crippen LogP contribution in [0.5, 0.6) is 0 Å². The number of carboxylic acids is 1. The second-order valence-electron chi connectivity index (χ2n) is 5.47. The van der Waals surface area contributed by atoms with Crippen molar-refractivity contribution in [2.24, 2.45) is 5.92 Å². The van der Waals surface area contributed by atoms with Crippen LogP contribution in [0.25, 0.3) is 0 Å². The summed E-state index contributed by atoms with van der Waals surface area (Å²) in [6.45, 7) is 1.42. The predicted molar refractivity (Wildman–Crippen MR) is 71.1 cm³/mol. The Labute approximate surface area is 117 Å². The van der Waals surface area contributed by atoms with Crippen LogP contribution >= 0.6 is 0 Å². The average Bonchev–Trinajstić information content (AvgIpc) is 2.25. The van der Waals surface area contributed by atoms with Crippen molar-refractivity contribution in [1.82, 2.24) is 15.5 Å². The molecule has 7 nitrogen and oxygen atoms in total. The Bertz CT molecular complexity index is 389. The van der Waals surface area contributed by atoms with Gasteiger partial charge in [0, 0.05) is 32.0 Å². The lowest BCUT2D eigenvalue weighted by molar-refractivity contribution is -0.137. The highest BCUT2D eigenvalue weighted by atomic mass is 16.4. The molecule has 112 valence electrons. The molecule has 0 atom stereocenters. The number of carbonyl (C=O) groups excluding carboxylic acids is 2. The quantitative estimate of drug-likeness (QED) is 0.605. The van der Waals surface area contributed by atoms with E-state index in [2.05, 4.69) is 10.6 Å². The Kier molecular flexibility index (Phi) is 4.81. The highest BCUT2D eigenvalue weighted by Crippen LogP contribution is 2.26. The minimum atomic E-state index is -0.859. The number of hydrogen-bond donors (Lipinski definition) is 3.